The van der Waals surface area contributed by atoms with Crippen LogP contribution in [0.2, 0.25) is 0 Å². The lowest BCUT2D eigenvalue weighted by molar-refractivity contribution is 0.122. The number of amides is 1. The van der Waals surface area contributed by atoms with Gasteiger partial charge in [-0.05, 0) is 18.8 Å². The zero-order valence-electron chi connectivity index (χ0n) is 13.2. The van der Waals surface area contributed by atoms with Gasteiger partial charge in [0.1, 0.15) is 0 Å². The SMILES string of the molecule is CCCCCCC(CCCCCC)COC(=O)NC. The fourth-order valence-electron chi connectivity index (χ4n) is 2.30. The first-order valence-electron chi connectivity index (χ1n) is 8.09. The maximum absolute atomic E-state index is 11.1. The first-order chi connectivity index (χ1) is 9.24. The molecule has 0 aliphatic rings. The van der Waals surface area contributed by atoms with Crippen LogP contribution in [0.1, 0.15) is 78.1 Å². The average molecular weight is 271 g/mol. The number of carbonyl (C=O) groups is 1. The van der Waals surface area contributed by atoms with Crippen LogP contribution in [0.5, 0.6) is 0 Å². The summed E-state index contributed by atoms with van der Waals surface area (Å²) in [5, 5.41) is 2.51. The third-order valence-corrected chi connectivity index (χ3v) is 3.59. The number of rotatable bonds is 12. The van der Waals surface area contributed by atoms with Gasteiger partial charge in [-0.2, -0.15) is 0 Å². The van der Waals surface area contributed by atoms with Crippen LogP contribution in [0.3, 0.4) is 0 Å². The summed E-state index contributed by atoms with van der Waals surface area (Å²) >= 11 is 0. The van der Waals surface area contributed by atoms with E-state index >= 15 is 0 Å². The van der Waals surface area contributed by atoms with Crippen molar-refractivity contribution in [2.24, 2.45) is 5.92 Å². The van der Waals surface area contributed by atoms with Crippen molar-refractivity contribution in [2.45, 2.75) is 78.1 Å². The lowest BCUT2D eigenvalue weighted by atomic mass is 9.95. The van der Waals surface area contributed by atoms with E-state index in [0.29, 0.717) is 12.5 Å². The molecule has 0 aliphatic heterocycles. The highest BCUT2D eigenvalue weighted by atomic mass is 16.5. The average Bonchev–Trinajstić information content (AvgIpc) is 2.44. The van der Waals surface area contributed by atoms with Gasteiger partial charge in [-0.25, -0.2) is 4.79 Å². The van der Waals surface area contributed by atoms with E-state index in [4.69, 9.17) is 4.74 Å². The Morgan fingerprint density at radius 1 is 0.947 bits per heavy atom. The van der Waals surface area contributed by atoms with E-state index in [1.165, 1.54) is 64.2 Å². The van der Waals surface area contributed by atoms with Crippen molar-refractivity contribution >= 4 is 6.09 Å². The molecular weight excluding hydrogens is 238 g/mol. The van der Waals surface area contributed by atoms with Gasteiger partial charge in [0.05, 0.1) is 6.61 Å². The van der Waals surface area contributed by atoms with Crippen LogP contribution in [0, 0.1) is 5.92 Å². The Balaban J connectivity index is 3.81. The normalized spacial score (nSPS) is 10.7. The van der Waals surface area contributed by atoms with Crippen LogP contribution >= 0.6 is 0 Å². The molecule has 0 unspecified atom stereocenters. The van der Waals surface area contributed by atoms with Crippen LogP contribution in [-0.4, -0.2) is 19.7 Å². The van der Waals surface area contributed by atoms with Gasteiger partial charge in [0.25, 0.3) is 0 Å². The number of hydrogen-bond donors (Lipinski definition) is 1. The van der Waals surface area contributed by atoms with E-state index in [1.54, 1.807) is 7.05 Å². The molecule has 0 aliphatic carbocycles. The van der Waals surface area contributed by atoms with Crippen LogP contribution < -0.4 is 5.32 Å². The fourth-order valence-corrected chi connectivity index (χ4v) is 2.30. The Morgan fingerprint density at radius 3 is 1.89 bits per heavy atom. The second-order valence-corrected chi connectivity index (χ2v) is 5.41. The van der Waals surface area contributed by atoms with Crippen molar-refractivity contribution in [1.29, 1.82) is 0 Å². The van der Waals surface area contributed by atoms with Crippen molar-refractivity contribution < 1.29 is 9.53 Å². The molecule has 19 heavy (non-hydrogen) atoms. The van der Waals surface area contributed by atoms with Crippen LogP contribution in [-0.2, 0) is 4.74 Å². The molecule has 1 N–H and O–H groups in total. The van der Waals surface area contributed by atoms with E-state index in [9.17, 15) is 4.79 Å². The number of alkyl carbamates (subject to hydrolysis) is 1. The molecule has 0 aromatic carbocycles. The standard InChI is InChI=1S/C16H33NO2/c1-4-6-8-10-12-15(13-11-9-7-5-2)14-19-16(18)17-3/h15H,4-14H2,1-3H3,(H,17,18). The minimum Gasteiger partial charge on any atom is -0.449 e. The third-order valence-electron chi connectivity index (χ3n) is 3.59. The molecule has 3 nitrogen and oxygen atoms in total. The van der Waals surface area contributed by atoms with Crippen molar-refractivity contribution in [3.8, 4) is 0 Å². The van der Waals surface area contributed by atoms with Gasteiger partial charge >= 0.3 is 6.09 Å². The first kappa shape index (κ1) is 18.3. The van der Waals surface area contributed by atoms with Crippen molar-refractivity contribution in [3.05, 3.63) is 0 Å². The Kier molecular flexibility index (Phi) is 13.2. The number of unbranched alkanes of at least 4 members (excludes halogenated alkanes) is 6. The molecule has 0 spiro atoms. The van der Waals surface area contributed by atoms with E-state index in [1.807, 2.05) is 0 Å². The summed E-state index contributed by atoms with van der Waals surface area (Å²) in [6.07, 6.45) is 12.4. The summed E-state index contributed by atoms with van der Waals surface area (Å²) < 4.78 is 5.22. The molecule has 0 radical (unpaired) electrons. The lowest BCUT2D eigenvalue weighted by Gasteiger charge is -2.16. The Morgan fingerprint density at radius 2 is 1.47 bits per heavy atom. The van der Waals surface area contributed by atoms with E-state index in [-0.39, 0.29) is 6.09 Å². The van der Waals surface area contributed by atoms with Crippen molar-refractivity contribution in [2.75, 3.05) is 13.7 Å². The molecule has 0 saturated heterocycles. The molecule has 0 saturated carbocycles. The molecule has 3 heteroatoms. The number of ether oxygens (including phenoxy) is 1. The van der Waals surface area contributed by atoms with Gasteiger partial charge in [-0.15, -0.1) is 0 Å². The van der Waals surface area contributed by atoms with E-state index in [2.05, 4.69) is 19.2 Å². The van der Waals surface area contributed by atoms with Gasteiger partial charge < -0.3 is 10.1 Å². The van der Waals surface area contributed by atoms with Crippen molar-refractivity contribution in [1.82, 2.24) is 5.32 Å². The van der Waals surface area contributed by atoms with Crippen LogP contribution in [0.25, 0.3) is 0 Å². The molecule has 0 rings (SSSR count). The largest absolute Gasteiger partial charge is 0.449 e. The molecule has 114 valence electrons. The molecule has 0 aromatic rings. The predicted molar refractivity (Wildman–Crippen MR) is 81.4 cm³/mol. The summed E-state index contributed by atoms with van der Waals surface area (Å²) in [5.74, 6) is 0.547. The van der Waals surface area contributed by atoms with Crippen LogP contribution in [0.4, 0.5) is 4.79 Å². The second-order valence-electron chi connectivity index (χ2n) is 5.41. The highest BCUT2D eigenvalue weighted by Crippen LogP contribution is 2.18. The summed E-state index contributed by atoms with van der Waals surface area (Å²) in [4.78, 5) is 11.1. The maximum atomic E-state index is 11.1. The van der Waals surface area contributed by atoms with Gasteiger partial charge in [-0.3, -0.25) is 0 Å². The smallest absolute Gasteiger partial charge is 0.406 e. The molecule has 0 heterocycles. The topological polar surface area (TPSA) is 38.3 Å². The second kappa shape index (κ2) is 13.7. The molecule has 1 amide bonds. The fraction of sp³-hybridized carbons (Fsp3) is 0.938. The Labute approximate surface area is 119 Å². The number of nitrogens with one attached hydrogen (secondary N) is 1. The predicted octanol–water partition coefficient (Wildman–Crippen LogP) is 4.90. The van der Waals surface area contributed by atoms with Crippen molar-refractivity contribution in [3.63, 3.8) is 0 Å². The quantitative estimate of drug-likeness (QED) is 0.513. The third kappa shape index (κ3) is 12.1. The minimum absolute atomic E-state index is 0.299. The highest BCUT2D eigenvalue weighted by molar-refractivity contribution is 5.66. The zero-order chi connectivity index (χ0) is 14.3. The molecular formula is C16H33NO2. The van der Waals surface area contributed by atoms with Crippen LogP contribution in [0.15, 0.2) is 0 Å². The molecule has 0 atom stereocenters. The summed E-state index contributed by atoms with van der Waals surface area (Å²) in [5.41, 5.74) is 0. The maximum Gasteiger partial charge on any atom is 0.406 e. The Bertz CT molecular complexity index is 195. The number of hydrogen-bond acceptors (Lipinski definition) is 2. The number of carbonyl (C=O) groups excluding carboxylic acids is 1. The van der Waals surface area contributed by atoms with Gasteiger partial charge in [0.15, 0.2) is 0 Å². The lowest BCUT2D eigenvalue weighted by Crippen LogP contribution is -2.22. The first-order valence-corrected chi connectivity index (χ1v) is 8.09. The summed E-state index contributed by atoms with van der Waals surface area (Å²) in [6.45, 7) is 5.05. The van der Waals surface area contributed by atoms with Gasteiger partial charge in [-0.1, -0.05) is 65.2 Å². The molecule has 0 aromatic heterocycles. The van der Waals surface area contributed by atoms with Gasteiger partial charge in [0.2, 0.25) is 0 Å². The highest BCUT2D eigenvalue weighted by Gasteiger charge is 2.11. The minimum atomic E-state index is -0.299. The van der Waals surface area contributed by atoms with Gasteiger partial charge in [0, 0.05) is 7.05 Å². The monoisotopic (exact) mass is 271 g/mol. The summed E-state index contributed by atoms with van der Waals surface area (Å²) in [7, 11) is 1.61. The summed E-state index contributed by atoms with van der Waals surface area (Å²) in [6, 6.07) is 0. The molecule has 0 bridgehead atoms. The van der Waals surface area contributed by atoms with E-state index in [0.717, 1.165) is 0 Å². The zero-order valence-corrected chi connectivity index (χ0v) is 13.2. The van der Waals surface area contributed by atoms with E-state index < -0.39 is 0 Å². The Hall–Kier alpha value is -0.730. The molecule has 0 fully saturated rings.